The van der Waals surface area contributed by atoms with Gasteiger partial charge < -0.3 is 4.90 Å². The molecule has 1 amide bonds. The quantitative estimate of drug-likeness (QED) is 0.839. The molecule has 2 aliphatic heterocycles. The van der Waals surface area contributed by atoms with Crippen LogP contribution in [0.2, 0.25) is 0 Å². The van der Waals surface area contributed by atoms with Gasteiger partial charge in [-0.05, 0) is 45.2 Å². The Labute approximate surface area is 131 Å². The summed E-state index contributed by atoms with van der Waals surface area (Å²) in [5, 5.41) is 2.05. The van der Waals surface area contributed by atoms with E-state index in [-0.39, 0.29) is 0 Å². The summed E-state index contributed by atoms with van der Waals surface area (Å²) in [5.74, 6) is 0.327. The van der Waals surface area contributed by atoms with E-state index < -0.39 is 0 Å². The Kier molecular flexibility index (Phi) is 4.91. The lowest BCUT2D eigenvalue weighted by molar-refractivity contribution is -0.133. The molecule has 1 aromatic rings. The molecule has 1 aromatic heterocycles. The summed E-state index contributed by atoms with van der Waals surface area (Å²) < 4.78 is 0. The van der Waals surface area contributed by atoms with Crippen molar-refractivity contribution in [3.05, 3.63) is 16.6 Å². The number of aryl methyl sites for hydroxylation is 1. The third kappa shape index (κ3) is 3.29. The summed E-state index contributed by atoms with van der Waals surface area (Å²) in [5.41, 5.74) is 2.90. The maximum atomic E-state index is 12.6. The Morgan fingerprint density at radius 3 is 2.90 bits per heavy atom. The number of carbonyl (C=O) groups is 1. The second kappa shape index (κ2) is 6.88. The molecule has 3 rings (SSSR count). The van der Waals surface area contributed by atoms with Crippen molar-refractivity contribution in [2.75, 3.05) is 19.6 Å². The molecule has 21 heavy (non-hydrogen) atoms. The summed E-state index contributed by atoms with van der Waals surface area (Å²) in [6.07, 6.45) is 6.29. The first-order valence-corrected chi connectivity index (χ1v) is 9.14. The molecule has 2 fully saturated rings. The lowest BCUT2D eigenvalue weighted by atomic mass is 10.0. The van der Waals surface area contributed by atoms with Crippen molar-refractivity contribution in [1.29, 1.82) is 0 Å². The van der Waals surface area contributed by atoms with Gasteiger partial charge in [-0.2, -0.15) is 0 Å². The maximum Gasteiger partial charge on any atom is 0.223 e. The molecule has 2 saturated heterocycles. The predicted molar refractivity (Wildman–Crippen MR) is 85.4 cm³/mol. The SMILES string of the molecule is CCN1CCC[C@H]1[C@@H]1CCCN1C(=O)CCc1cscn1. The average Bonchev–Trinajstić information content (AvgIpc) is 3.23. The Hall–Kier alpha value is -0.940. The molecule has 0 bridgehead atoms. The second-order valence-corrected chi connectivity index (χ2v) is 6.83. The van der Waals surface area contributed by atoms with E-state index >= 15 is 0 Å². The number of likely N-dealkylation sites (N-methyl/N-ethyl adjacent to an activating group) is 1. The van der Waals surface area contributed by atoms with Gasteiger partial charge in [-0.25, -0.2) is 4.98 Å². The van der Waals surface area contributed by atoms with Crippen LogP contribution in [0.3, 0.4) is 0 Å². The lowest BCUT2D eigenvalue weighted by Gasteiger charge is -2.34. The number of amides is 1. The van der Waals surface area contributed by atoms with Crippen LogP contribution in [0.5, 0.6) is 0 Å². The Bertz CT molecular complexity index is 462. The van der Waals surface area contributed by atoms with Gasteiger partial charge in [0, 0.05) is 30.4 Å². The smallest absolute Gasteiger partial charge is 0.223 e. The largest absolute Gasteiger partial charge is 0.338 e. The molecule has 0 radical (unpaired) electrons. The molecule has 0 aliphatic carbocycles. The molecule has 4 nitrogen and oxygen atoms in total. The number of hydrogen-bond acceptors (Lipinski definition) is 4. The molecule has 2 aliphatic rings. The highest BCUT2D eigenvalue weighted by atomic mass is 32.1. The first-order valence-electron chi connectivity index (χ1n) is 8.20. The minimum Gasteiger partial charge on any atom is -0.338 e. The number of nitrogens with zero attached hydrogens (tertiary/aromatic N) is 3. The van der Waals surface area contributed by atoms with Gasteiger partial charge in [0.1, 0.15) is 0 Å². The van der Waals surface area contributed by atoms with Crippen molar-refractivity contribution in [1.82, 2.24) is 14.8 Å². The first kappa shape index (κ1) is 15.0. The molecular formula is C16H25N3OS. The van der Waals surface area contributed by atoms with Gasteiger partial charge in [-0.3, -0.25) is 9.69 Å². The predicted octanol–water partition coefficient (Wildman–Crippen LogP) is 2.55. The molecule has 0 saturated carbocycles. The molecule has 116 valence electrons. The number of thiazole rings is 1. The van der Waals surface area contributed by atoms with E-state index in [4.69, 9.17) is 0 Å². The Morgan fingerprint density at radius 2 is 2.14 bits per heavy atom. The third-order valence-corrected chi connectivity index (χ3v) is 5.60. The minimum atomic E-state index is 0.327. The van der Waals surface area contributed by atoms with E-state index in [1.807, 2.05) is 10.9 Å². The van der Waals surface area contributed by atoms with Crippen molar-refractivity contribution >= 4 is 17.2 Å². The summed E-state index contributed by atoms with van der Waals surface area (Å²) >= 11 is 1.61. The number of rotatable bonds is 5. The molecular weight excluding hydrogens is 282 g/mol. The highest BCUT2D eigenvalue weighted by Crippen LogP contribution is 2.30. The monoisotopic (exact) mass is 307 g/mol. The van der Waals surface area contributed by atoms with Crippen LogP contribution in [0.25, 0.3) is 0 Å². The van der Waals surface area contributed by atoms with Crippen LogP contribution in [0.4, 0.5) is 0 Å². The number of carbonyl (C=O) groups excluding carboxylic acids is 1. The average molecular weight is 307 g/mol. The van der Waals surface area contributed by atoms with Gasteiger partial charge in [0.05, 0.1) is 11.2 Å². The number of hydrogen-bond donors (Lipinski definition) is 0. The fourth-order valence-electron chi connectivity index (χ4n) is 3.92. The van der Waals surface area contributed by atoms with Gasteiger partial charge in [-0.1, -0.05) is 6.92 Å². The zero-order valence-electron chi connectivity index (χ0n) is 12.8. The van der Waals surface area contributed by atoms with Crippen LogP contribution in [0.15, 0.2) is 10.9 Å². The topological polar surface area (TPSA) is 36.4 Å². The van der Waals surface area contributed by atoms with Gasteiger partial charge >= 0.3 is 0 Å². The summed E-state index contributed by atoms with van der Waals surface area (Å²) in [7, 11) is 0. The Morgan fingerprint density at radius 1 is 1.33 bits per heavy atom. The van der Waals surface area contributed by atoms with Crippen LogP contribution in [0, 0.1) is 0 Å². The van der Waals surface area contributed by atoms with Crippen molar-refractivity contribution in [3.63, 3.8) is 0 Å². The number of likely N-dealkylation sites (tertiary alicyclic amines) is 2. The van der Waals surface area contributed by atoms with E-state index in [1.165, 1.54) is 32.2 Å². The molecule has 0 aromatic carbocycles. The van der Waals surface area contributed by atoms with E-state index in [0.717, 1.165) is 25.2 Å². The van der Waals surface area contributed by atoms with Crippen LogP contribution in [-0.4, -0.2) is 52.4 Å². The first-order chi connectivity index (χ1) is 10.3. The molecule has 0 spiro atoms. The number of aromatic nitrogens is 1. The molecule has 5 heteroatoms. The molecule has 0 unspecified atom stereocenters. The van der Waals surface area contributed by atoms with Crippen LogP contribution in [0.1, 0.15) is 44.7 Å². The van der Waals surface area contributed by atoms with Gasteiger partial charge in [0.15, 0.2) is 0 Å². The fourth-order valence-corrected chi connectivity index (χ4v) is 4.51. The van der Waals surface area contributed by atoms with E-state index in [9.17, 15) is 4.79 Å². The van der Waals surface area contributed by atoms with Crippen molar-refractivity contribution in [2.45, 2.75) is 57.5 Å². The third-order valence-electron chi connectivity index (χ3n) is 4.96. The molecule has 3 heterocycles. The summed E-state index contributed by atoms with van der Waals surface area (Å²) in [6, 6.07) is 1.05. The highest BCUT2D eigenvalue weighted by Gasteiger charge is 2.38. The molecule has 0 N–H and O–H groups in total. The lowest BCUT2D eigenvalue weighted by Crippen LogP contribution is -2.48. The van der Waals surface area contributed by atoms with Gasteiger partial charge in [0.25, 0.3) is 0 Å². The van der Waals surface area contributed by atoms with E-state index in [1.54, 1.807) is 11.3 Å². The van der Waals surface area contributed by atoms with Crippen LogP contribution < -0.4 is 0 Å². The standard InChI is InChI=1S/C16H25N3OS/c1-2-18-9-3-5-14(18)15-6-4-10-19(15)16(20)8-7-13-11-21-12-17-13/h11-12,14-15H,2-10H2,1H3/t14-,15-/m0/s1. The van der Waals surface area contributed by atoms with Gasteiger partial charge in [-0.15, -0.1) is 11.3 Å². The van der Waals surface area contributed by atoms with E-state index in [2.05, 4.69) is 21.7 Å². The van der Waals surface area contributed by atoms with Crippen molar-refractivity contribution < 1.29 is 4.79 Å². The fraction of sp³-hybridized carbons (Fsp3) is 0.750. The Balaban J connectivity index is 1.59. The van der Waals surface area contributed by atoms with Crippen LogP contribution in [-0.2, 0) is 11.2 Å². The second-order valence-electron chi connectivity index (χ2n) is 6.11. The molecule has 2 atom stereocenters. The highest BCUT2D eigenvalue weighted by molar-refractivity contribution is 7.07. The summed E-state index contributed by atoms with van der Waals surface area (Å²) in [6.45, 7) is 5.51. The normalized spacial score (nSPS) is 26.6. The zero-order chi connectivity index (χ0) is 14.7. The van der Waals surface area contributed by atoms with Gasteiger partial charge in [0.2, 0.25) is 5.91 Å². The van der Waals surface area contributed by atoms with Crippen molar-refractivity contribution in [3.8, 4) is 0 Å². The minimum absolute atomic E-state index is 0.327. The summed E-state index contributed by atoms with van der Waals surface area (Å²) in [4.78, 5) is 21.6. The maximum absolute atomic E-state index is 12.6. The zero-order valence-corrected chi connectivity index (χ0v) is 13.6. The van der Waals surface area contributed by atoms with Crippen LogP contribution >= 0.6 is 11.3 Å². The van der Waals surface area contributed by atoms with E-state index in [0.29, 0.717) is 24.4 Å². The van der Waals surface area contributed by atoms with Crippen molar-refractivity contribution in [2.24, 2.45) is 0 Å².